The second kappa shape index (κ2) is 4.92. The van der Waals surface area contributed by atoms with Crippen LogP contribution in [0.3, 0.4) is 0 Å². The van der Waals surface area contributed by atoms with Gasteiger partial charge in [0.1, 0.15) is 0 Å². The average molecular weight is 318 g/mol. The monoisotopic (exact) mass is 318 g/mol. The Morgan fingerprint density at radius 2 is 1.88 bits per heavy atom. The molecule has 24 heavy (non-hydrogen) atoms. The van der Waals surface area contributed by atoms with Crippen molar-refractivity contribution in [1.29, 1.82) is 5.26 Å². The number of rotatable bonds is 3. The summed E-state index contributed by atoms with van der Waals surface area (Å²) in [5.41, 5.74) is 1.35. The Morgan fingerprint density at radius 3 is 2.42 bits per heavy atom. The molecule has 2 aromatic heterocycles. The molecule has 2 aromatic rings. The molecule has 3 heterocycles. The van der Waals surface area contributed by atoms with Gasteiger partial charge in [0.25, 0.3) is 5.71 Å². The molecular formula is C18H14N4O2. The second-order valence-corrected chi connectivity index (χ2v) is 6.49. The van der Waals surface area contributed by atoms with Crippen molar-refractivity contribution in [3.05, 3.63) is 59.4 Å². The number of allylic oxidation sites excluding steroid dienone is 1. The van der Waals surface area contributed by atoms with Crippen molar-refractivity contribution in [3.8, 4) is 6.07 Å². The lowest BCUT2D eigenvalue weighted by Crippen LogP contribution is -2.27. The Kier molecular flexibility index (Phi) is 2.96. The van der Waals surface area contributed by atoms with E-state index in [9.17, 15) is 10.7 Å². The molecule has 1 saturated carbocycles. The van der Waals surface area contributed by atoms with Crippen molar-refractivity contribution >= 4 is 17.3 Å². The van der Waals surface area contributed by atoms with E-state index in [2.05, 4.69) is 18.9 Å². The third-order valence-corrected chi connectivity index (χ3v) is 4.82. The molecule has 6 nitrogen and oxygen atoms in total. The number of fused-ring (bicyclic) bond motifs is 1. The van der Waals surface area contributed by atoms with E-state index in [1.165, 1.54) is 4.68 Å². The highest BCUT2D eigenvalue weighted by atomic mass is 16.3. The molecule has 118 valence electrons. The van der Waals surface area contributed by atoms with E-state index in [1.54, 1.807) is 24.7 Å². The lowest BCUT2D eigenvalue weighted by atomic mass is 10.0. The summed E-state index contributed by atoms with van der Waals surface area (Å²) in [5.74, 6) is 3.46. The minimum absolute atomic E-state index is 0.0709. The van der Waals surface area contributed by atoms with E-state index >= 15 is 0 Å². The van der Waals surface area contributed by atoms with Crippen LogP contribution < -0.4 is 0 Å². The maximum atomic E-state index is 9.35. The third kappa shape index (κ3) is 1.86. The molecule has 0 spiro atoms. The number of hydrogen-bond acceptors (Lipinski definition) is 4. The zero-order valence-corrected chi connectivity index (χ0v) is 13.2. The lowest BCUT2D eigenvalue weighted by Gasteiger charge is -2.08. The van der Waals surface area contributed by atoms with Gasteiger partial charge < -0.3 is 14.2 Å². The van der Waals surface area contributed by atoms with Crippen molar-refractivity contribution in [3.63, 3.8) is 0 Å². The van der Waals surface area contributed by atoms with Crippen molar-refractivity contribution in [1.82, 2.24) is 0 Å². The van der Waals surface area contributed by atoms with Crippen LogP contribution in [0.1, 0.15) is 25.4 Å². The number of furan rings is 2. The predicted molar refractivity (Wildman–Crippen MR) is 86.6 cm³/mol. The normalized spacial score (nSPS) is 23.8. The molecule has 2 atom stereocenters. The van der Waals surface area contributed by atoms with Gasteiger partial charge in [0.05, 0.1) is 18.4 Å². The summed E-state index contributed by atoms with van der Waals surface area (Å²) in [5, 5.41) is 23.3. The zero-order valence-electron chi connectivity index (χ0n) is 13.2. The van der Waals surface area contributed by atoms with Gasteiger partial charge in [0, 0.05) is 11.0 Å². The van der Waals surface area contributed by atoms with Crippen molar-refractivity contribution in [2.45, 2.75) is 13.8 Å². The van der Waals surface area contributed by atoms with Gasteiger partial charge >= 0.3 is 5.70 Å². The highest BCUT2D eigenvalue weighted by Gasteiger charge is 2.69. The summed E-state index contributed by atoms with van der Waals surface area (Å²) in [7, 11) is 0. The van der Waals surface area contributed by atoms with Crippen molar-refractivity contribution in [2.75, 3.05) is 0 Å². The van der Waals surface area contributed by atoms with Gasteiger partial charge in [-0.2, -0.15) is 11.1 Å². The molecule has 2 aliphatic rings. The summed E-state index contributed by atoms with van der Waals surface area (Å²) in [6.07, 6.45) is 3.17. The molecule has 1 aliphatic carbocycles. The molecule has 0 amide bonds. The first-order chi connectivity index (χ1) is 11.6. The Balaban J connectivity index is 2.00. The zero-order chi connectivity index (χ0) is 16.9. The molecule has 0 N–H and O–H groups in total. The third-order valence-electron chi connectivity index (χ3n) is 4.82. The van der Waals surface area contributed by atoms with Crippen LogP contribution in [0, 0.1) is 28.6 Å². The van der Waals surface area contributed by atoms with Gasteiger partial charge in [-0.25, -0.2) is 0 Å². The highest BCUT2D eigenvalue weighted by molar-refractivity contribution is 6.12. The number of hydrazone groups is 1. The van der Waals surface area contributed by atoms with Crippen LogP contribution >= 0.6 is 0 Å². The van der Waals surface area contributed by atoms with E-state index in [0.29, 0.717) is 11.5 Å². The topological polar surface area (TPSA) is 87.7 Å². The molecule has 2 unspecified atom stereocenters. The highest BCUT2D eigenvalue weighted by Crippen LogP contribution is 2.62. The van der Waals surface area contributed by atoms with Crippen LogP contribution in [0.2, 0.25) is 0 Å². The van der Waals surface area contributed by atoms with Gasteiger partial charge in [0.15, 0.2) is 23.3 Å². The lowest BCUT2D eigenvalue weighted by molar-refractivity contribution is -0.476. The smallest absolute Gasteiger partial charge is 0.335 e. The number of hydrogen-bond donors (Lipinski definition) is 0. The first-order valence-corrected chi connectivity index (χ1v) is 7.60. The molecule has 1 aliphatic heterocycles. The SMILES string of the molecule is CC1(C)C2C(c3ccco3)=N[N+](C(=C=[N-])C#N)=C(c3ccco3)C21. The summed E-state index contributed by atoms with van der Waals surface area (Å²) in [4.78, 5) is 0. The van der Waals surface area contributed by atoms with E-state index < -0.39 is 0 Å². The van der Waals surface area contributed by atoms with E-state index in [0.717, 1.165) is 11.4 Å². The summed E-state index contributed by atoms with van der Waals surface area (Å²) in [6, 6.07) is 9.19. The number of nitriles is 1. The van der Waals surface area contributed by atoms with Crippen LogP contribution in [-0.4, -0.2) is 22.0 Å². The van der Waals surface area contributed by atoms with Crippen molar-refractivity contribution < 1.29 is 13.5 Å². The molecule has 0 radical (unpaired) electrons. The van der Waals surface area contributed by atoms with Gasteiger partial charge in [-0.3, -0.25) is 0 Å². The standard InChI is InChI=1S/C18H14N4O2/c1-18(2)14-15(18)17(13-6-4-8-24-13)22(11(9-19)10-20)21-16(14)12-5-3-7-23-12/h3-8,14-15H,1-2H3. The fourth-order valence-electron chi connectivity index (χ4n) is 3.61. The van der Waals surface area contributed by atoms with Crippen molar-refractivity contribution in [2.24, 2.45) is 22.4 Å². The summed E-state index contributed by atoms with van der Waals surface area (Å²) in [6.45, 7) is 4.29. The summed E-state index contributed by atoms with van der Waals surface area (Å²) < 4.78 is 12.5. The fourth-order valence-corrected chi connectivity index (χ4v) is 3.61. The molecule has 0 bridgehead atoms. The van der Waals surface area contributed by atoms with E-state index in [4.69, 9.17) is 8.83 Å². The molecular weight excluding hydrogens is 304 g/mol. The predicted octanol–water partition coefficient (Wildman–Crippen LogP) is 3.01. The molecule has 4 rings (SSSR count). The Morgan fingerprint density at radius 1 is 1.21 bits per heavy atom. The molecule has 0 saturated heterocycles. The summed E-state index contributed by atoms with van der Waals surface area (Å²) >= 11 is 0. The molecule has 6 heteroatoms. The Hall–Kier alpha value is -3.16. The van der Waals surface area contributed by atoms with E-state index in [-0.39, 0.29) is 22.9 Å². The Labute approximate surface area is 138 Å². The first kappa shape index (κ1) is 14.4. The van der Waals surface area contributed by atoms with Crippen LogP contribution in [0.4, 0.5) is 0 Å². The van der Waals surface area contributed by atoms with Crippen LogP contribution in [-0.2, 0) is 0 Å². The van der Waals surface area contributed by atoms with Gasteiger partial charge in [-0.1, -0.05) is 13.8 Å². The quantitative estimate of drug-likeness (QED) is 0.495. The minimum Gasteiger partial charge on any atom is -0.757 e. The minimum atomic E-state index is -0.0911. The average Bonchev–Trinajstić information content (AvgIpc) is 3.10. The van der Waals surface area contributed by atoms with Crippen LogP contribution in [0.5, 0.6) is 0 Å². The second-order valence-electron chi connectivity index (χ2n) is 6.49. The first-order valence-electron chi connectivity index (χ1n) is 7.60. The molecule has 1 fully saturated rings. The van der Waals surface area contributed by atoms with Crippen LogP contribution in [0.15, 0.2) is 56.4 Å². The molecule has 0 aromatic carbocycles. The van der Waals surface area contributed by atoms with E-state index in [1.807, 2.05) is 24.1 Å². The number of nitrogens with zero attached hydrogens (tertiary/aromatic N) is 4. The Bertz CT molecular complexity index is 949. The van der Waals surface area contributed by atoms with Gasteiger partial charge in [-0.15, -0.1) is 0 Å². The fraction of sp³-hybridized carbons (Fsp3) is 0.278. The largest absolute Gasteiger partial charge is 0.757 e. The van der Waals surface area contributed by atoms with Gasteiger partial charge in [0.2, 0.25) is 0 Å². The maximum absolute atomic E-state index is 9.35. The van der Waals surface area contributed by atoms with Crippen LogP contribution in [0.25, 0.3) is 5.41 Å². The maximum Gasteiger partial charge on any atom is 0.335 e. The van der Waals surface area contributed by atoms with Gasteiger partial charge in [-0.05, 0) is 34.4 Å².